The molecule has 1 aromatic heterocycles. The Morgan fingerprint density at radius 1 is 1.25 bits per heavy atom. The number of halogens is 1. The predicted octanol–water partition coefficient (Wildman–Crippen LogP) is 4.95. The Balaban J connectivity index is 1.72. The number of thioether (sulfide) groups is 1. The van der Waals surface area contributed by atoms with Crippen LogP contribution in [-0.4, -0.2) is 21.1 Å². The molecule has 2 aromatic carbocycles. The van der Waals surface area contributed by atoms with Gasteiger partial charge in [0.1, 0.15) is 0 Å². The van der Waals surface area contributed by atoms with E-state index in [0.717, 1.165) is 27.4 Å². The van der Waals surface area contributed by atoms with Crippen LogP contribution in [0, 0.1) is 13.8 Å². The number of amides is 1. The van der Waals surface area contributed by atoms with E-state index in [0.29, 0.717) is 5.02 Å². The molecule has 1 amide bonds. The lowest BCUT2D eigenvalue weighted by atomic mass is 10.2. The normalized spacial score (nSPS) is 12.3. The van der Waals surface area contributed by atoms with E-state index in [4.69, 9.17) is 11.6 Å². The summed E-state index contributed by atoms with van der Waals surface area (Å²) in [6, 6.07) is 11.5. The van der Waals surface area contributed by atoms with E-state index in [9.17, 15) is 4.79 Å². The van der Waals surface area contributed by atoms with Crippen molar-refractivity contribution < 1.29 is 4.79 Å². The molecule has 0 aliphatic rings. The molecule has 24 heavy (non-hydrogen) atoms. The highest BCUT2D eigenvalue weighted by atomic mass is 35.5. The summed E-state index contributed by atoms with van der Waals surface area (Å²) in [5, 5.41) is 3.98. The molecule has 124 valence electrons. The lowest BCUT2D eigenvalue weighted by molar-refractivity contribution is -0.115. The van der Waals surface area contributed by atoms with E-state index in [1.165, 1.54) is 17.3 Å². The van der Waals surface area contributed by atoms with Gasteiger partial charge in [-0.1, -0.05) is 35.5 Å². The van der Waals surface area contributed by atoms with Crippen LogP contribution in [0.2, 0.25) is 5.02 Å². The van der Waals surface area contributed by atoms with Crippen molar-refractivity contribution in [2.75, 3.05) is 5.32 Å². The van der Waals surface area contributed by atoms with Crippen molar-refractivity contribution >= 4 is 46.0 Å². The van der Waals surface area contributed by atoms with Gasteiger partial charge in [-0.25, -0.2) is 4.98 Å². The van der Waals surface area contributed by atoms with Crippen LogP contribution in [-0.2, 0) is 4.79 Å². The monoisotopic (exact) mass is 359 g/mol. The molecule has 0 saturated heterocycles. The zero-order valence-electron chi connectivity index (χ0n) is 13.7. The molecule has 1 heterocycles. The summed E-state index contributed by atoms with van der Waals surface area (Å²) in [6.07, 6.45) is 0. The number of carbonyl (C=O) groups excluding carboxylic acids is 1. The van der Waals surface area contributed by atoms with E-state index < -0.39 is 0 Å². The molecule has 0 fully saturated rings. The molecular weight excluding hydrogens is 342 g/mol. The Morgan fingerprint density at radius 3 is 2.83 bits per heavy atom. The number of fused-ring (bicyclic) bond motifs is 1. The molecule has 4 nitrogen and oxygen atoms in total. The minimum atomic E-state index is -0.287. The van der Waals surface area contributed by atoms with Crippen LogP contribution >= 0.6 is 23.4 Å². The summed E-state index contributed by atoms with van der Waals surface area (Å²) in [6.45, 7) is 5.83. The first kappa shape index (κ1) is 16.9. The van der Waals surface area contributed by atoms with E-state index in [-0.39, 0.29) is 11.2 Å². The molecule has 0 spiro atoms. The van der Waals surface area contributed by atoms with Crippen LogP contribution in [0.4, 0.5) is 5.69 Å². The Bertz CT molecular complexity index is 906. The molecule has 0 radical (unpaired) electrons. The summed E-state index contributed by atoms with van der Waals surface area (Å²) in [4.78, 5) is 20.2. The fourth-order valence-electron chi connectivity index (χ4n) is 2.34. The summed E-state index contributed by atoms with van der Waals surface area (Å²) < 4.78 is 0. The second-order valence-corrected chi connectivity index (χ2v) is 7.54. The van der Waals surface area contributed by atoms with E-state index in [1.54, 1.807) is 12.1 Å². The average molecular weight is 360 g/mol. The summed E-state index contributed by atoms with van der Waals surface area (Å²) >= 11 is 7.40. The molecule has 2 N–H and O–H groups in total. The number of aromatic amines is 1. The van der Waals surface area contributed by atoms with Gasteiger partial charge in [0.25, 0.3) is 0 Å². The molecule has 1 unspecified atom stereocenters. The molecule has 3 aromatic rings. The van der Waals surface area contributed by atoms with Gasteiger partial charge < -0.3 is 10.3 Å². The molecular formula is C18H18ClN3OS. The Morgan fingerprint density at radius 2 is 2.04 bits per heavy atom. The zero-order chi connectivity index (χ0) is 17.3. The largest absolute Gasteiger partial charge is 0.333 e. The van der Waals surface area contributed by atoms with E-state index in [2.05, 4.69) is 15.3 Å². The van der Waals surface area contributed by atoms with Gasteiger partial charge in [-0.3, -0.25) is 4.79 Å². The number of imidazole rings is 1. The first-order chi connectivity index (χ1) is 11.4. The number of nitrogens with one attached hydrogen (secondary N) is 2. The minimum absolute atomic E-state index is 0.0815. The molecule has 6 heteroatoms. The number of hydrogen-bond donors (Lipinski definition) is 2. The van der Waals surface area contributed by atoms with Crippen LogP contribution in [0.25, 0.3) is 11.0 Å². The number of rotatable bonds is 4. The van der Waals surface area contributed by atoms with Gasteiger partial charge >= 0.3 is 0 Å². The third-order valence-electron chi connectivity index (χ3n) is 3.73. The summed E-state index contributed by atoms with van der Waals surface area (Å²) in [7, 11) is 0. The van der Waals surface area contributed by atoms with Gasteiger partial charge in [0.2, 0.25) is 5.91 Å². The van der Waals surface area contributed by atoms with E-state index >= 15 is 0 Å². The molecule has 0 aliphatic carbocycles. The van der Waals surface area contributed by atoms with Crippen molar-refractivity contribution in [3.05, 3.63) is 52.5 Å². The number of aromatic nitrogens is 2. The second kappa shape index (κ2) is 6.87. The molecule has 0 bridgehead atoms. The number of aryl methyl sites for hydroxylation is 2. The van der Waals surface area contributed by atoms with E-state index in [1.807, 2.05) is 45.0 Å². The highest BCUT2D eigenvalue weighted by Crippen LogP contribution is 2.26. The topological polar surface area (TPSA) is 57.8 Å². The second-order valence-electron chi connectivity index (χ2n) is 5.77. The highest BCUT2D eigenvalue weighted by molar-refractivity contribution is 8.00. The van der Waals surface area contributed by atoms with Gasteiger partial charge in [-0.15, -0.1) is 0 Å². The Kier molecular flexibility index (Phi) is 4.83. The van der Waals surface area contributed by atoms with Crippen LogP contribution in [0.15, 0.2) is 41.6 Å². The van der Waals surface area contributed by atoms with Crippen molar-refractivity contribution in [1.82, 2.24) is 9.97 Å². The minimum Gasteiger partial charge on any atom is -0.333 e. The average Bonchev–Trinajstić information content (AvgIpc) is 2.92. The van der Waals surface area contributed by atoms with Crippen molar-refractivity contribution in [2.24, 2.45) is 0 Å². The smallest absolute Gasteiger partial charge is 0.237 e. The number of hydrogen-bond acceptors (Lipinski definition) is 3. The number of H-pyrrole nitrogens is 1. The van der Waals surface area contributed by atoms with Crippen LogP contribution in [0.3, 0.4) is 0 Å². The van der Waals surface area contributed by atoms with Gasteiger partial charge in [-0.2, -0.15) is 0 Å². The number of benzene rings is 2. The third kappa shape index (κ3) is 3.74. The van der Waals surface area contributed by atoms with Gasteiger partial charge in [-0.05, 0) is 56.2 Å². The molecule has 1 atom stereocenters. The van der Waals surface area contributed by atoms with Crippen molar-refractivity contribution in [3.8, 4) is 0 Å². The maximum Gasteiger partial charge on any atom is 0.237 e. The third-order valence-corrected chi connectivity index (χ3v) is 4.95. The fourth-order valence-corrected chi connectivity index (χ4v) is 3.33. The lowest BCUT2D eigenvalue weighted by Gasteiger charge is -2.12. The standard InChI is InChI=1S/C18H18ClN3OS/c1-10-4-7-14-16(8-10)22-18(21-14)24-12(3)17(23)20-15-9-13(19)6-5-11(15)2/h4-9,12H,1-3H3,(H,20,23)(H,21,22). The lowest BCUT2D eigenvalue weighted by Crippen LogP contribution is -2.23. The predicted molar refractivity (Wildman–Crippen MR) is 101 cm³/mol. The molecule has 3 rings (SSSR count). The van der Waals surface area contributed by atoms with Crippen LogP contribution in [0.1, 0.15) is 18.1 Å². The first-order valence-corrected chi connectivity index (χ1v) is 8.88. The van der Waals surface area contributed by atoms with Crippen molar-refractivity contribution in [2.45, 2.75) is 31.2 Å². The molecule has 0 saturated carbocycles. The van der Waals surface area contributed by atoms with Gasteiger partial charge in [0.15, 0.2) is 5.16 Å². The van der Waals surface area contributed by atoms with Crippen LogP contribution in [0.5, 0.6) is 0 Å². The maximum atomic E-state index is 12.4. The Hall–Kier alpha value is -1.98. The highest BCUT2D eigenvalue weighted by Gasteiger charge is 2.17. The Labute approximate surface area is 150 Å². The number of carbonyl (C=O) groups is 1. The summed E-state index contributed by atoms with van der Waals surface area (Å²) in [5.74, 6) is -0.0815. The van der Waals surface area contributed by atoms with Crippen molar-refractivity contribution in [3.63, 3.8) is 0 Å². The number of anilines is 1. The van der Waals surface area contributed by atoms with Crippen molar-refractivity contribution in [1.29, 1.82) is 0 Å². The SMILES string of the molecule is Cc1ccc2nc(SC(C)C(=O)Nc3cc(Cl)ccc3C)[nH]c2c1. The quantitative estimate of drug-likeness (QED) is 0.648. The molecule has 0 aliphatic heterocycles. The zero-order valence-corrected chi connectivity index (χ0v) is 15.3. The van der Waals surface area contributed by atoms with Gasteiger partial charge in [0, 0.05) is 10.7 Å². The maximum absolute atomic E-state index is 12.4. The number of nitrogens with zero attached hydrogens (tertiary/aromatic N) is 1. The first-order valence-electron chi connectivity index (χ1n) is 7.62. The fraction of sp³-hybridized carbons (Fsp3) is 0.222. The summed E-state index contributed by atoms with van der Waals surface area (Å²) in [5.41, 5.74) is 4.77. The van der Waals surface area contributed by atoms with Crippen LogP contribution < -0.4 is 5.32 Å². The van der Waals surface area contributed by atoms with Gasteiger partial charge in [0.05, 0.1) is 16.3 Å².